The predicted octanol–water partition coefficient (Wildman–Crippen LogP) is 2.74. The zero-order valence-electron chi connectivity index (χ0n) is 15.8. The van der Waals surface area contributed by atoms with Crippen LogP contribution in [0, 0.1) is 0 Å². The highest BCUT2D eigenvalue weighted by molar-refractivity contribution is 5.80. The lowest BCUT2D eigenvalue weighted by Crippen LogP contribution is -2.46. The van der Waals surface area contributed by atoms with Gasteiger partial charge in [-0.15, -0.1) is 0 Å². The molecule has 0 spiro atoms. The van der Waals surface area contributed by atoms with Gasteiger partial charge in [-0.25, -0.2) is 0 Å². The van der Waals surface area contributed by atoms with Crippen molar-refractivity contribution in [3.05, 3.63) is 24.2 Å². The molecule has 1 aromatic rings. The van der Waals surface area contributed by atoms with Crippen molar-refractivity contribution in [3.63, 3.8) is 0 Å². The number of guanidine groups is 1. The van der Waals surface area contributed by atoms with Crippen molar-refractivity contribution in [2.24, 2.45) is 4.99 Å². The van der Waals surface area contributed by atoms with Gasteiger partial charge in [-0.2, -0.15) is 0 Å². The standard InChI is InChI=1S/C19H33N3O3/c1-15(2)25-18-8-6-16(7-9-18)22-19(21-12-14-23-3)20-11-10-17-5-4-13-24-17/h4-5,13,15-16,18H,6-12,14H2,1-3H3,(H2,20,21,22). The maximum Gasteiger partial charge on any atom is 0.191 e. The molecule has 0 saturated heterocycles. The number of rotatable bonds is 9. The van der Waals surface area contributed by atoms with E-state index in [9.17, 15) is 0 Å². The molecule has 142 valence electrons. The summed E-state index contributed by atoms with van der Waals surface area (Å²) in [6.07, 6.45) is 7.69. The van der Waals surface area contributed by atoms with Gasteiger partial charge in [0.25, 0.3) is 0 Å². The zero-order chi connectivity index (χ0) is 17.9. The second-order valence-corrected chi connectivity index (χ2v) is 6.78. The molecule has 1 heterocycles. The lowest BCUT2D eigenvalue weighted by Gasteiger charge is -2.31. The van der Waals surface area contributed by atoms with Crippen LogP contribution in [0.2, 0.25) is 0 Å². The number of nitrogens with zero attached hydrogens (tertiary/aromatic N) is 1. The van der Waals surface area contributed by atoms with Crippen molar-refractivity contribution in [1.82, 2.24) is 10.6 Å². The minimum Gasteiger partial charge on any atom is -0.469 e. The molecule has 1 aliphatic rings. The van der Waals surface area contributed by atoms with Gasteiger partial charge in [0.05, 0.1) is 31.6 Å². The molecule has 1 fully saturated rings. The first-order valence-corrected chi connectivity index (χ1v) is 9.39. The van der Waals surface area contributed by atoms with Crippen LogP contribution in [0.15, 0.2) is 27.8 Å². The number of furan rings is 1. The molecule has 1 aromatic heterocycles. The number of hydrogen-bond donors (Lipinski definition) is 2. The van der Waals surface area contributed by atoms with Crippen molar-refractivity contribution in [2.45, 2.75) is 64.2 Å². The van der Waals surface area contributed by atoms with Crippen LogP contribution < -0.4 is 10.6 Å². The molecular formula is C19H33N3O3. The van der Waals surface area contributed by atoms with Gasteiger partial charge in [-0.05, 0) is 51.7 Å². The van der Waals surface area contributed by atoms with Crippen molar-refractivity contribution in [2.75, 3.05) is 26.8 Å². The van der Waals surface area contributed by atoms with Gasteiger partial charge in [0, 0.05) is 26.1 Å². The number of hydrogen-bond acceptors (Lipinski definition) is 4. The van der Waals surface area contributed by atoms with Gasteiger partial charge in [0.1, 0.15) is 5.76 Å². The monoisotopic (exact) mass is 351 g/mol. The van der Waals surface area contributed by atoms with Gasteiger partial charge in [-0.1, -0.05) is 0 Å². The van der Waals surface area contributed by atoms with Crippen molar-refractivity contribution >= 4 is 5.96 Å². The summed E-state index contributed by atoms with van der Waals surface area (Å²) in [4.78, 5) is 4.60. The number of ether oxygens (including phenoxy) is 2. The van der Waals surface area contributed by atoms with E-state index in [-0.39, 0.29) is 0 Å². The van der Waals surface area contributed by atoms with Gasteiger partial charge in [-0.3, -0.25) is 4.99 Å². The van der Waals surface area contributed by atoms with Gasteiger partial charge < -0.3 is 24.5 Å². The topological polar surface area (TPSA) is 68.0 Å². The van der Waals surface area contributed by atoms with Crippen molar-refractivity contribution < 1.29 is 13.9 Å². The van der Waals surface area contributed by atoms with Gasteiger partial charge in [0.2, 0.25) is 0 Å². The molecule has 0 aromatic carbocycles. The summed E-state index contributed by atoms with van der Waals surface area (Å²) >= 11 is 0. The van der Waals surface area contributed by atoms with Crippen molar-refractivity contribution in [1.29, 1.82) is 0 Å². The molecule has 0 aliphatic heterocycles. The Kier molecular flexibility index (Phi) is 8.83. The average Bonchev–Trinajstić information content (AvgIpc) is 3.09. The fourth-order valence-corrected chi connectivity index (χ4v) is 3.08. The minimum absolute atomic E-state index is 0.309. The summed E-state index contributed by atoms with van der Waals surface area (Å²) < 4.78 is 16.4. The van der Waals surface area contributed by atoms with Crippen LogP contribution in [0.3, 0.4) is 0 Å². The molecule has 1 aliphatic carbocycles. The highest BCUT2D eigenvalue weighted by Crippen LogP contribution is 2.22. The quantitative estimate of drug-likeness (QED) is 0.407. The number of methoxy groups -OCH3 is 1. The largest absolute Gasteiger partial charge is 0.469 e. The fraction of sp³-hybridized carbons (Fsp3) is 0.737. The van der Waals surface area contributed by atoms with E-state index in [0.717, 1.165) is 50.4 Å². The molecule has 0 unspecified atom stereocenters. The van der Waals surface area contributed by atoms with Crippen LogP contribution in [-0.2, 0) is 15.9 Å². The Morgan fingerprint density at radius 3 is 2.76 bits per heavy atom. The summed E-state index contributed by atoms with van der Waals surface area (Å²) in [5.41, 5.74) is 0. The van der Waals surface area contributed by atoms with E-state index in [2.05, 4.69) is 29.5 Å². The molecule has 1 saturated carbocycles. The van der Waals surface area contributed by atoms with E-state index in [1.54, 1.807) is 13.4 Å². The van der Waals surface area contributed by atoms with Crippen LogP contribution in [-0.4, -0.2) is 51.0 Å². The first-order valence-electron chi connectivity index (χ1n) is 9.39. The van der Waals surface area contributed by atoms with E-state index < -0.39 is 0 Å². The number of aliphatic imine (C=N–C) groups is 1. The Morgan fingerprint density at radius 2 is 2.12 bits per heavy atom. The molecule has 2 N–H and O–H groups in total. The van der Waals surface area contributed by atoms with Crippen LogP contribution >= 0.6 is 0 Å². The normalized spacial score (nSPS) is 21.5. The SMILES string of the molecule is COCCN=C(NCCc1ccco1)NC1CCC(OC(C)C)CC1. The van der Waals surface area contributed by atoms with E-state index in [4.69, 9.17) is 13.9 Å². The average molecular weight is 351 g/mol. The van der Waals surface area contributed by atoms with Crippen molar-refractivity contribution in [3.8, 4) is 0 Å². The van der Waals surface area contributed by atoms with Crippen LogP contribution in [0.25, 0.3) is 0 Å². The lowest BCUT2D eigenvalue weighted by molar-refractivity contribution is -0.0152. The predicted molar refractivity (Wildman–Crippen MR) is 100.0 cm³/mol. The lowest BCUT2D eigenvalue weighted by atomic mass is 9.93. The smallest absolute Gasteiger partial charge is 0.191 e. The Morgan fingerprint density at radius 1 is 1.32 bits per heavy atom. The van der Waals surface area contributed by atoms with E-state index in [1.165, 1.54) is 0 Å². The first kappa shape index (κ1) is 19.8. The summed E-state index contributed by atoms with van der Waals surface area (Å²) in [6.45, 7) is 6.28. The Labute approximate surface area is 151 Å². The summed E-state index contributed by atoms with van der Waals surface area (Å²) in [6, 6.07) is 4.36. The van der Waals surface area contributed by atoms with Crippen LogP contribution in [0.5, 0.6) is 0 Å². The molecule has 6 nitrogen and oxygen atoms in total. The van der Waals surface area contributed by atoms with Gasteiger partial charge in [0.15, 0.2) is 5.96 Å². The Balaban J connectivity index is 1.76. The zero-order valence-corrected chi connectivity index (χ0v) is 15.8. The maximum atomic E-state index is 5.93. The summed E-state index contributed by atoms with van der Waals surface area (Å²) in [5, 5.41) is 6.97. The first-order chi connectivity index (χ1) is 12.2. The molecule has 25 heavy (non-hydrogen) atoms. The molecule has 6 heteroatoms. The highest BCUT2D eigenvalue weighted by Gasteiger charge is 2.23. The molecule has 2 rings (SSSR count). The molecule has 0 atom stereocenters. The Bertz CT molecular complexity index is 480. The molecule has 0 bridgehead atoms. The van der Waals surface area contributed by atoms with Gasteiger partial charge >= 0.3 is 0 Å². The van der Waals surface area contributed by atoms with Crippen LogP contribution in [0.1, 0.15) is 45.3 Å². The second-order valence-electron chi connectivity index (χ2n) is 6.78. The van der Waals surface area contributed by atoms with E-state index in [0.29, 0.717) is 31.4 Å². The maximum absolute atomic E-state index is 5.93. The highest BCUT2D eigenvalue weighted by atomic mass is 16.5. The molecule has 0 radical (unpaired) electrons. The van der Waals surface area contributed by atoms with Crippen LogP contribution in [0.4, 0.5) is 0 Å². The van der Waals surface area contributed by atoms with E-state index >= 15 is 0 Å². The van der Waals surface area contributed by atoms with E-state index in [1.807, 2.05) is 12.1 Å². The summed E-state index contributed by atoms with van der Waals surface area (Å²) in [7, 11) is 1.70. The summed E-state index contributed by atoms with van der Waals surface area (Å²) in [5.74, 6) is 1.84. The molecule has 0 amide bonds. The third kappa shape index (κ3) is 7.92. The number of nitrogens with one attached hydrogen (secondary N) is 2. The fourth-order valence-electron chi connectivity index (χ4n) is 3.08. The third-order valence-corrected chi connectivity index (χ3v) is 4.29. The third-order valence-electron chi connectivity index (χ3n) is 4.29. The minimum atomic E-state index is 0.309. The second kappa shape index (κ2) is 11.2. The Hall–Kier alpha value is -1.53. The molecular weight excluding hydrogens is 318 g/mol.